The first-order valence-corrected chi connectivity index (χ1v) is 10.4. The lowest BCUT2D eigenvalue weighted by molar-refractivity contribution is -0.136. The number of benzene rings is 2. The van der Waals surface area contributed by atoms with Gasteiger partial charge in [-0.25, -0.2) is 4.39 Å². The second-order valence-electron chi connectivity index (χ2n) is 8.19. The van der Waals surface area contributed by atoms with Crippen LogP contribution in [0, 0.1) is 18.7 Å². The van der Waals surface area contributed by atoms with Gasteiger partial charge in [-0.2, -0.15) is 0 Å². The summed E-state index contributed by atoms with van der Waals surface area (Å²) in [5.41, 5.74) is 4.35. The van der Waals surface area contributed by atoms with E-state index in [2.05, 4.69) is 5.16 Å². The Morgan fingerprint density at radius 1 is 1.13 bits per heavy atom. The van der Waals surface area contributed by atoms with Crippen molar-refractivity contribution < 1.29 is 18.5 Å². The lowest BCUT2D eigenvalue weighted by Crippen LogP contribution is -2.40. The van der Waals surface area contributed by atoms with Crippen molar-refractivity contribution in [1.82, 2.24) is 10.1 Å². The second kappa shape index (κ2) is 7.65. The third-order valence-corrected chi connectivity index (χ3v) is 6.08. The number of anilines is 1. The lowest BCUT2D eigenvalue weighted by Gasteiger charge is -2.28. The molecule has 0 bridgehead atoms. The van der Waals surface area contributed by atoms with Crippen LogP contribution >= 0.6 is 0 Å². The fourth-order valence-electron chi connectivity index (χ4n) is 4.33. The molecule has 1 atom stereocenters. The molecule has 158 valence electrons. The van der Waals surface area contributed by atoms with Gasteiger partial charge >= 0.3 is 0 Å². The summed E-state index contributed by atoms with van der Waals surface area (Å²) in [6, 6.07) is 13.8. The molecule has 3 heterocycles. The number of amides is 2. The zero-order valence-corrected chi connectivity index (χ0v) is 17.2. The summed E-state index contributed by atoms with van der Waals surface area (Å²) in [4.78, 5) is 29.3. The zero-order valence-electron chi connectivity index (χ0n) is 17.2. The van der Waals surface area contributed by atoms with Crippen molar-refractivity contribution in [1.29, 1.82) is 0 Å². The van der Waals surface area contributed by atoms with Gasteiger partial charge in [0.05, 0.1) is 18.2 Å². The molecule has 1 unspecified atom stereocenters. The first-order valence-electron chi connectivity index (χ1n) is 10.4. The minimum atomic E-state index is -0.371. The third kappa shape index (κ3) is 3.60. The Labute approximate surface area is 179 Å². The fraction of sp³-hybridized carbons (Fsp3) is 0.292. The van der Waals surface area contributed by atoms with Crippen LogP contribution in [0.3, 0.4) is 0 Å². The van der Waals surface area contributed by atoms with E-state index in [1.165, 1.54) is 12.1 Å². The maximum Gasteiger partial charge on any atom is 0.228 e. The molecule has 1 fully saturated rings. The standard InChI is InChI=1S/C24H22FN3O3/c1-15-2-8-19(9-3-15)28-13-17(12-22(28)29)24(30)27-11-10-21-20(14-27)23(31-26-21)16-4-6-18(25)7-5-16/h2-9,17H,10-14H2,1H3. The van der Waals surface area contributed by atoms with Crippen LogP contribution < -0.4 is 4.90 Å². The van der Waals surface area contributed by atoms with Crippen LogP contribution in [0.2, 0.25) is 0 Å². The Bertz CT molecular complexity index is 1140. The van der Waals surface area contributed by atoms with E-state index in [1.54, 1.807) is 21.9 Å². The molecule has 1 saturated heterocycles. The van der Waals surface area contributed by atoms with Gasteiger partial charge in [-0.3, -0.25) is 9.59 Å². The van der Waals surface area contributed by atoms with E-state index in [0.717, 1.165) is 28.1 Å². The van der Waals surface area contributed by atoms with Gasteiger partial charge in [0, 0.05) is 42.7 Å². The minimum absolute atomic E-state index is 0.0279. The Morgan fingerprint density at radius 2 is 1.87 bits per heavy atom. The SMILES string of the molecule is Cc1ccc(N2CC(C(=O)N3CCc4noc(-c5ccc(F)cc5)c4C3)CC2=O)cc1. The highest BCUT2D eigenvalue weighted by atomic mass is 19.1. The van der Waals surface area contributed by atoms with Gasteiger partial charge in [-0.05, 0) is 43.3 Å². The van der Waals surface area contributed by atoms with Crippen LogP contribution in [-0.2, 0) is 22.6 Å². The normalized spacial score (nSPS) is 18.4. The van der Waals surface area contributed by atoms with E-state index in [9.17, 15) is 14.0 Å². The van der Waals surface area contributed by atoms with Crippen molar-refractivity contribution in [3.8, 4) is 11.3 Å². The van der Waals surface area contributed by atoms with Crippen LogP contribution in [-0.4, -0.2) is 35.0 Å². The molecule has 0 N–H and O–H groups in total. The first kappa shape index (κ1) is 19.5. The van der Waals surface area contributed by atoms with Crippen LogP contribution in [0.15, 0.2) is 53.1 Å². The third-order valence-electron chi connectivity index (χ3n) is 6.08. The van der Waals surface area contributed by atoms with Crippen molar-refractivity contribution in [2.24, 2.45) is 5.92 Å². The lowest BCUT2D eigenvalue weighted by atomic mass is 9.99. The molecule has 2 aliphatic heterocycles. The Morgan fingerprint density at radius 3 is 2.61 bits per heavy atom. The number of hydrogen-bond donors (Lipinski definition) is 0. The van der Waals surface area contributed by atoms with Crippen LogP contribution in [0.25, 0.3) is 11.3 Å². The summed E-state index contributed by atoms with van der Waals surface area (Å²) >= 11 is 0. The Balaban J connectivity index is 1.33. The van der Waals surface area contributed by atoms with Gasteiger partial charge in [-0.1, -0.05) is 22.9 Å². The number of aromatic nitrogens is 1. The number of hydrogen-bond acceptors (Lipinski definition) is 4. The summed E-state index contributed by atoms with van der Waals surface area (Å²) in [6.07, 6.45) is 0.804. The molecule has 2 amide bonds. The zero-order chi connectivity index (χ0) is 21.5. The fourth-order valence-corrected chi connectivity index (χ4v) is 4.33. The van der Waals surface area contributed by atoms with E-state index in [4.69, 9.17) is 4.52 Å². The van der Waals surface area contributed by atoms with E-state index in [-0.39, 0.29) is 30.0 Å². The highest BCUT2D eigenvalue weighted by molar-refractivity contribution is 6.00. The Kier molecular flexibility index (Phi) is 4.81. The number of fused-ring (bicyclic) bond motifs is 1. The molecule has 2 aliphatic rings. The quantitative estimate of drug-likeness (QED) is 0.649. The van der Waals surface area contributed by atoms with E-state index < -0.39 is 0 Å². The predicted molar refractivity (Wildman–Crippen MR) is 113 cm³/mol. The molecular formula is C24H22FN3O3. The summed E-state index contributed by atoms with van der Waals surface area (Å²) in [7, 11) is 0. The molecular weight excluding hydrogens is 397 g/mol. The van der Waals surface area contributed by atoms with Gasteiger partial charge in [0.2, 0.25) is 11.8 Å². The van der Waals surface area contributed by atoms with Crippen molar-refractivity contribution in [2.45, 2.75) is 26.3 Å². The average molecular weight is 419 g/mol. The highest BCUT2D eigenvalue weighted by Gasteiger charge is 2.38. The number of halogens is 1. The summed E-state index contributed by atoms with van der Waals surface area (Å²) < 4.78 is 18.8. The summed E-state index contributed by atoms with van der Waals surface area (Å²) in [6.45, 7) is 3.30. The molecule has 7 heteroatoms. The molecule has 0 spiro atoms. The Hall–Kier alpha value is -3.48. The van der Waals surface area contributed by atoms with Crippen molar-refractivity contribution >= 4 is 17.5 Å². The monoisotopic (exact) mass is 419 g/mol. The largest absolute Gasteiger partial charge is 0.356 e. The molecule has 0 radical (unpaired) electrons. The molecule has 0 aliphatic carbocycles. The van der Waals surface area contributed by atoms with Crippen molar-refractivity contribution in [2.75, 3.05) is 18.0 Å². The van der Waals surface area contributed by atoms with Gasteiger partial charge in [0.25, 0.3) is 0 Å². The summed E-state index contributed by atoms with van der Waals surface area (Å²) in [5.74, 6) is -0.185. The van der Waals surface area contributed by atoms with Gasteiger partial charge in [0.15, 0.2) is 5.76 Å². The highest BCUT2D eigenvalue weighted by Crippen LogP contribution is 2.33. The second-order valence-corrected chi connectivity index (χ2v) is 8.19. The van der Waals surface area contributed by atoms with E-state index in [0.29, 0.717) is 31.8 Å². The number of aryl methyl sites for hydroxylation is 1. The minimum Gasteiger partial charge on any atom is -0.356 e. The smallest absolute Gasteiger partial charge is 0.228 e. The molecule has 31 heavy (non-hydrogen) atoms. The number of carbonyl (C=O) groups is 2. The van der Waals surface area contributed by atoms with Crippen molar-refractivity contribution in [3.63, 3.8) is 0 Å². The molecule has 6 nitrogen and oxygen atoms in total. The van der Waals surface area contributed by atoms with Crippen LogP contribution in [0.4, 0.5) is 10.1 Å². The molecule has 1 aromatic heterocycles. The topological polar surface area (TPSA) is 66.7 Å². The predicted octanol–water partition coefficient (Wildman–Crippen LogP) is 3.73. The van der Waals surface area contributed by atoms with E-state index in [1.807, 2.05) is 31.2 Å². The average Bonchev–Trinajstić information content (AvgIpc) is 3.38. The molecule has 3 aromatic rings. The first-order chi connectivity index (χ1) is 15.0. The number of nitrogens with zero attached hydrogens (tertiary/aromatic N) is 3. The molecule has 5 rings (SSSR count). The van der Waals surface area contributed by atoms with Gasteiger partial charge in [-0.15, -0.1) is 0 Å². The van der Waals surface area contributed by atoms with Gasteiger partial charge in [0.1, 0.15) is 5.82 Å². The molecule has 0 saturated carbocycles. The molecule has 2 aromatic carbocycles. The van der Waals surface area contributed by atoms with E-state index >= 15 is 0 Å². The summed E-state index contributed by atoms with van der Waals surface area (Å²) in [5, 5.41) is 4.15. The van der Waals surface area contributed by atoms with Gasteiger partial charge < -0.3 is 14.3 Å². The number of carbonyl (C=O) groups excluding carboxylic acids is 2. The maximum absolute atomic E-state index is 13.3. The maximum atomic E-state index is 13.3. The number of rotatable bonds is 3. The van der Waals surface area contributed by atoms with Crippen LogP contribution in [0.5, 0.6) is 0 Å². The van der Waals surface area contributed by atoms with Crippen molar-refractivity contribution in [3.05, 3.63) is 71.2 Å². The van der Waals surface area contributed by atoms with Crippen LogP contribution in [0.1, 0.15) is 23.2 Å².